The van der Waals surface area contributed by atoms with E-state index < -0.39 is 0 Å². The number of carbonyl (C=O) groups excluding carboxylic acids is 2. The Hall–Kier alpha value is -3.45. The lowest BCUT2D eigenvalue weighted by Gasteiger charge is -2.34. The van der Waals surface area contributed by atoms with Gasteiger partial charge in [0.25, 0.3) is 5.91 Å². The number of para-hydroxylation sites is 1. The smallest absolute Gasteiger partial charge is 0.289 e. The first-order valence-corrected chi connectivity index (χ1v) is 9.95. The quantitative estimate of drug-likeness (QED) is 0.701. The van der Waals surface area contributed by atoms with Gasteiger partial charge in [0.05, 0.1) is 11.9 Å². The molecule has 1 fully saturated rings. The van der Waals surface area contributed by atoms with Crippen LogP contribution in [-0.4, -0.2) is 54.3 Å². The van der Waals surface area contributed by atoms with Crippen molar-refractivity contribution in [2.75, 3.05) is 32.7 Å². The SMILES string of the molecule is O=C(CN1CCN(C(=O)c2cc(=O)c3ccccc3o2)CC1)NCc1ccccc1. The lowest BCUT2D eigenvalue weighted by molar-refractivity contribution is -0.122. The number of hydrogen-bond acceptors (Lipinski definition) is 5. The molecule has 0 spiro atoms. The first kappa shape index (κ1) is 19.8. The van der Waals surface area contributed by atoms with Crippen molar-refractivity contribution in [3.8, 4) is 0 Å². The van der Waals surface area contributed by atoms with Gasteiger partial charge in [-0.1, -0.05) is 42.5 Å². The summed E-state index contributed by atoms with van der Waals surface area (Å²) in [4.78, 5) is 40.9. The summed E-state index contributed by atoms with van der Waals surface area (Å²) in [5.41, 5.74) is 1.23. The Morgan fingerprint density at radius 3 is 2.40 bits per heavy atom. The van der Waals surface area contributed by atoms with E-state index >= 15 is 0 Å². The third kappa shape index (κ3) is 4.58. The fourth-order valence-electron chi connectivity index (χ4n) is 3.53. The molecule has 1 aliphatic heterocycles. The second-order valence-electron chi connectivity index (χ2n) is 7.30. The van der Waals surface area contributed by atoms with E-state index in [1.54, 1.807) is 29.2 Å². The highest BCUT2D eigenvalue weighted by molar-refractivity contribution is 5.93. The number of carbonyl (C=O) groups is 2. The minimum atomic E-state index is -0.300. The fraction of sp³-hybridized carbons (Fsp3) is 0.261. The van der Waals surface area contributed by atoms with Crippen LogP contribution in [0.4, 0.5) is 0 Å². The van der Waals surface area contributed by atoms with Crippen LogP contribution >= 0.6 is 0 Å². The van der Waals surface area contributed by atoms with Crippen LogP contribution < -0.4 is 10.7 Å². The molecular formula is C23H23N3O4. The second kappa shape index (κ2) is 8.92. The van der Waals surface area contributed by atoms with E-state index in [9.17, 15) is 14.4 Å². The maximum Gasteiger partial charge on any atom is 0.289 e. The standard InChI is InChI=1S/C23H23N3O4/c27-19-14-21(30-20-9-5-4-8-18(19)20)23(29)26-12-10-25(11-13-26)16-22(28)24-15-17-6-2-1-3-7-17/h1-9,14H,10-13,15-16H2,(H,24,28). The molecule has 2 heterocycles. The Morgan fingerprint density at radius 2 is 1.63 bits per heavy atom. The van der Waals surface area contributed by atoms with Gasteiger partial charge in [0.1, 0.15) is 5.58 Å². The summed E-state index contributed by atoms with van der Waals surface area (Å²) in [7, 11) is 0. The molecule has 1 aromatic heterocycles. The number of piperazine rings is 1. The molecule has 0 radical (unpaired) electrons. The van der Waals surface area contributed by atoms with E-state index in [2.05, 4.69) is 5.32 Å². The van der Waals surface area contributed by atoms with Crippen LogP contribution in [0.2, 0.25) is 0 Å². The van der Waals surface area contributed by atoms with Crippen LogP contribution in [0.3, 0.4) is 0 Å². The molecule has 0 unspecified atom stereocenters. The molecule has 1 saturated heterocycles. The van der Waals surface area contributed by atoms with Gasteiger partial charge < -0.3 is 14.6 Å². The van der Waals surface area contributed by atoms with Crippen molar-refractivity contribution < 1.29 is 14.0 Å². The number of amides is 2. The Bertz CT molecular complexity index is 1100. The molecule has 1 N–H and O–H groups in total. The summed E-state index contributed by atoms with van der Waals surface area (Å²) in [5.74, 6) is -0.294. The van der Waals surface area contributed by atoms with E-state index in [0.717, 1.165) is 5.56 Å². The molecule has 3 aromatic rings. The summed E-state index contributed by atoms with van der Waals surface area (Å²) in [6.07, 6.45) is 0. The number of benzene rings is 2. The van der Waals surface area contributed by atoms with E-state index in [4.69, 9.17) is 4.42 Å². The molecule has 0 atom stereocenters. The minimum absolute atomic E-state index is 0.0424. The number of hydrogen-bond donors (Lipinski definition) is 1. The van der Waals surface area contributed by atoms with E-state index in [-0.39, 0.29) is 23.0 Å². The number of fused-ring (bicyclic) bond motifs is 1. The highest BCUT2D eigenvalue weighted by atomic mass is 16.3. The largest absolute Gasteiger partial charge is 0.451 e. The lowest BCUT2D eigenvalue weighted by Crippen LogP contribution is -2.51. The maximum absolute atomic E-state index is 12.8. The van der Waals surface area contributed by atoms with Crippen molar-refractivity contribution in [1.82, 2.24) is 15.1 Å². The summed E-state index contributed by atoms with van der Waals surface area (Å²) >= 11 is 0. The molecule has 2 aromatic carbocycles. The van der Waals surface area contributed by atoms with Gasteiger partial charge >= 0.3 is 0 Å². The average molecular weight is 405 g/mol. The lowest BCUT2D eigenvalue weighted by atomic mass is 10.2. The predicted octanol–water partition coefficient (Wildman–Crippen LogP) is 1.87. The third-order valence-electron chi connectivity index (χ3n) is 5.20. The molecule has 0 aliphatic carbocycles. The van der Waals surface area contributed by atoms with Gasteiger partial charge in [0, 0.05) is 38.8 Å². The Labute approximate surface area is 173 Å². The molecular weight excluding hydrogens is 382 g/mol. The van der Waals surface area contributed by atoms with Gasteiger partial charge in [0.15, 0.2) is 11.2 Å². The van der Waals surface area contributed by atoms with Crippen LogP contribution in [-0.2, 0) is 11.3 Å². The van der Waals surface area contributed by atoms with Crippen LogP contribution in [0.15, 0.2) is 69.9 Å². The maximum atomic E-state index is 12.8. The zero-order valence-corrected chi connectivity index (χ0v) is 16.5. The fourth-order valence-corrected chi connectivity index (χ4v) is 3.53. The summed E-state index contributed by atoms with van der Waals surface area (Å²) in [6.45, 7) is 2.91. The van der Waals surface area contributed by atoms with Gasteiger partial charge in [-0.15, -0.1) is 0 Å². The summed E-state index contributed by atoms with van der Waals surface area (Å²) in [6, 6.07) is 17.9. The van der Waals surface area contributed by atoms with Crippen molar-refractivity contribution in [3.63, 3.8) is 0 Å². The van der Waals surface area contributed by atoms with Crippen LogP contribution in [0.25, 0.3) is 11.0 Å². The highest BCUT2D eigenvalue weighted by Gasteiger charge is 2.25. The van der Waals surface area contributed by atoms with Crippen molar-refractivity contribution in [2.24, 2.45) is 0 Å². The zero-order valence-electron chi connectivity index (χ0n) is 16.5. The molecule has 0 bridgehead atoms. The average Bonchev–Trinajstić information content (AvgIpc) is 2.78. The van der Waals surface area contributed by atoms with Gasteiger partial charge in [0.2, 0.25) is 5.91 Å². The van der Waals surface area contributed by atoms with Crippen molar-refractivity contribution in [2.45, 2.75) is 6.54 Å². The van der Waals surface area contributed by atoms with Crippen molar-refractivity contribution in [3.05, 3.63) is 82.2 Å². The summed E-state index contributed by atoms with van der Waals surface area (Å²) < 4.78 is 5.65. The highest BCUT2D eigenvalue weighted by Crippen LogP contribution is 2.14. The van der Waals surface area contributed by atoms with Gasteiger partial charge in [-0.2, -0.15) is 0 Å². The van der Waals surface area contributed by atoms with Gasteiger partial charge in [-0.05, 0) is 17.7 Å². The molecule has 7 heteroatoms. The summed E-state index contributed by atoms with van der Waals surface area (Å²) in [5, 5.41) is 3.38. The number of nitrogens with zero attached hydrogens (tertiary/aromatic N) is 2. The first-order valence-electron chi connectivity index (χ1n) is 9.95. The molecule has 7 nitrogen and oxygen atoms in total. The van der Waals surface area contributed by atoms with Crippen molar-refractivity contribution >= 4 is 22.8 Å². The molecule has 154 valence electrons. The Morgan fingerprint density at radius 1 is 0.933 bits per heavy atom. The van der Waals surface area contributed by atoms with Crippen LogP contribution in [0, 0.1) is 0 Å². The topological polar surface area (TPSA) is 82.9 Å². The van der Waals surface area contributed by atoms with E-state index in [1.807, 2.05) is 35.2 Å². The molecule has 30 heavy (non-hydrogen) atoms. The molecule has 1 aliphatic rings. The predicted molar refractivity (Wildman–Crippen MR) is 113 cm³/mol. The van der Waals surface area contributed by atoms with Crippen LogP contribution in [0.5, 0.6) is 0 Å². The Kier molecular flexibility index (Phi) is 5.90. The van der Waals surface area contributed by atoms with Gasteiger partial charge in [-0.25, -0.2) is 0 Å². The van der Waals surface area contributed by atoms with Crippen LogP contribution in [0.1, 0.15) is 16.1 Å². The third-order valence-corrected chi connectivity index (χ3v) is 5.20. The monoisotopic (exact) mass is 405 g/mol. The second-order valence-corrected chi connectivity index (χ2v) is 7.30. The molecule has 4 rings (SSSR count). The zero-order chi connectivity index (χ0) is 20.9. The first-order chi connectivity index (χ1) is 14.6. The van der Waals surface area contributed by atoms with Crippen molar-refractivity contribution in [1.29, 1.82) is 0 Å². The van der Waals surface area contributed by atoms with E-state index in [0.29, 0.717) is 50.2 Å². The molecule has 0 saturated carbocycles. The normalized spacial score (nSPS) is 14.6. The Balaban J connectivity index is 1.30. The number of rotatable bonds is 5. The number of nitrogens with one attached hydrogen (secondary N) is 1. The van der Waals surface area contributed by atoms with Gasteiger partial charge in [-0.3, -0.25) is 19.3 Å². The molecule has 2 amide bonds. The minimum Gasteiger partial charge on any atom is -0.451 e. The van der Waals surface area contributed by atoms with E-state index in [1.165, 1.54) is 6.07 Å².